The molecule has 0 aliphatic rings. The Morgan fingerprint density at radius 3 is 2.32 bits per heavy atom. The third kappa shape index (κ3) is 5.04. The van der Waals surface area contributed by atoms with Crippen molar-refractivity contribution >= 4 is 33.2 Å². The van der Waals surface area contributed by atoms with Crippen molar-refractivity contribution in [3.8, 4) is 0 Å². The molecule has 1 unspecified atom stereocenters. The number of hydrogen-bond acceptors (Lipinski definition) is 3. The highest BCUT2D eigenvalue weighted by Crippen LogP contribution is 2.29. The summed E-state index contributed by atoms with van der Waals surface area (Å²) in [6.45, 7) is 2.12. The molecule has 22 heavy (non-hydrogen) atoms. The third-order valence-corrected chi connectivity index (χ3v) is 6.73. The summed E-state index contributed by atoms with van der Waals surface area (Å²) in [6, 6.07) is 16.4. The summed E-state index contributed by atoms with van der Waals surface area (Å²) in [7, 11) is -3.16. The topological polar surface area (TPSA) is 34.1 Å². The maximum absolute atomic E-state index is 12.2. The fourth-order valence-electron chi connectivity index (χ4n) is 2.08. The van der Waals surface area contributed by atoms with E-state index in [4.69, 9.17) is 11.6 Å². The van der Waals surface area contributed by atoms with Crippen molar-refractivity contribution in [2.45, 2.75) is 23.5 Å². The Hall–Kier alpha value is -0.970. The summed E-state index contributed by atoms with van der Waals surface area (Å²) >= 11 is 7.64. The number of hydrogen-bond donors (Lipinski definition) is 0. The van der Waals surface area contributed by atoms with Gasteiger partial charge in [0, 0.05) is 10.3 Å². The minimum absolute atomic E-state index is 0.192. The normalized spacial score (nSPS) is 13.0. The van der Waals surface area contributed by atoms with E-state index in [1.54, 1.807) is 36.0 Å². The maximum atomic E-state index is 12.2. The highest BCUT2D eigenvalue weighted by Gasteiger charge is 2.14. The molecule has 2 rings (SSSR count). The van der Waals surface area contributed by atoms with Crippen LogP contribution >= 0.6 is 23.4 Å². The van der Waals surface area contributed by atoms with Gasteiger partial charge in [-0.3, -0.25) is 0 Å². The van der Waals surface area contributed by atoms with E-state index in [1.807, 2.05) is 30.3 Å². The van der Waals surface area contributed by atoms with Crippen LogP contribution in [0.25, 0.3) is 0 Å². The monoisotopic (exact) mass is 354 g/mol. The lowest BCUT2D eigenvalue weighted by Gasteiger charge is -2.11. The van der Waals surface area contributed by atoms with Gasteiger partial charge in [-0.15, -0.1) is 0 Å². The van der Waals surface area contributed by atoms with Crippen LogP contribution in [-0.2, 0) is 9.84 Å². The average Bonchev–Trinajstić information content (AvgIpc) is 2.53. The Bertz CT molecular complexity index is 682. The number of halogens is 1. The van der Waals surface area contributed by atoms with E-state index in [9.17, 15) is 8.42 Å². The second-order valence-electron chi connectivity index (χ2n) is 5.05. The van der Waals surface area contributed by atoms with Gasteiger partial charge in [-0.05, 0) is 48.9 Å². The minimum atomic E-state index is -3.16. The van der Waals surface area contributed by atoms with Gasteiger partial charge in [-0.2, -0.15) is 11.8 Å². The lowest BCUT2D eigenvalue weighted by molar-refractivity contribution is 0.595. The van der Waals surface area contributed by atoms with Crippen molar-refractivity contribution in [3.05, 3.63) is 65.2 Å². The summed E-state index contributed by atoms with van der Waals surface area (Å²) in [5, 5.41) is 1.06. The Labute approximate surface area is 141 Å². The molecule has 1 atom stereocenters. The van der Waals surface area contributed by atoms with Gasteiger partial charge in [0.2, 0.25) is 0 Å². The van der Waals surface area contributed by atoms with E-state index in [-0.39, 0.29) is 5.75 Å². The minimum Gasteiger partial charge on any atom is -0.224 e. The van der Waals surface area contributed by atoms with Crippen molar-refractivity contribution in [3.63, 3.8) is 0 Å². The van der Waals surface area contributed by atoms with Gasteiger partial charge < -0.3 is 0 Å². The van der Waals surface area contributed by atoms with E-state index in [0.29, 0.717) is 16.6 Å². The van der Waals surface area contributed by atoms with E-state index >= 15 is 0 Å². The van der Waals surface area contributed by atoms with E-state index < -0.39 is 9.84 Å². The van der Waals surface area contributed by atoms with Crippen LogP contribution in [0.3, 0.4) is 0 Å². The van der Waals surface area contributed by atoms with Crippen molar-refractivity contribution in [2.24, 2.45) is 0 Å². The van der Waals surface area contributed by atoms with Crippen LogP contribution in [0.1, 0.15) is 24.2 Å². The molecule has 2 nitrogen and oxygen atoms in total. The first-order valence-corrected chi connectivity index (χ1v) is 10.2. The second-order valence-corrected chi connectivity index (χ2v) is 9.04. The zero-order valence-corrected chi connectivity index (χ0v) is 14.8. The molecule has 2 aromatic rings. The van der Waals surface area contributed by atoms with Crippen LogP contribution < -0.4 is 0 Å². The van der Waals surface area contributed by atoms with Crippen LogP contribution in [0.15, 0.2) is 59.5 Å². The van der Waals surface area contributed by atoms with Crippen molar-refractivity contribution in [2.75, 3.05) is 11.5 Å². The molecule has 0 saturated carbocycles. The number of sulfone groups is 1. The molecule has 5 heteroatoms. The Morgan fingerprint density at radius 1 is 1.05 bits per heavy atom. The second kappa shape index (κ2) is 8.04. The molecule has 0 aliphatic heterocycles. The van der Waals surface area contributed by atoms with Crippen molar-refractivity contribution in [1.82, 2.24) is 0 Å². The molecule has 0 spiro atoms. The smallest absolute Gasteiger partial charge is 0.178 e. The lowest BCUT2D eigenvalue weighted by Crippen LogP contribution is -2.07. The van der Waals surface area contributed by atoms with E-state index in [1.165, 1.54) is 5.56 Å². The molecule has 118 valence electrons. The summed E-state index contributed by atoms with van der Waals surface area (Å²) in [5.41, 5.74) is 1.21. The summed E-state index contributed by atoms with van der Waals surface area (Å²) in [4.78, 5) is 0.408. The first kappa shape index (κ1) is 17.4. The molecular weight excluding hydrogens is 336 g/mol. The van der Waals surface area contributed by atoms with Crippen molar-refractivity contribution in [1.29, 1.82) is 0 Å². The van der Waals surface area contributed by atoms with Crippen LogP contribution in [0, 0.1) is 0 Å². The quantitative estimate of drug-likeness (QED) is 0.656. The van der Waals surface area contributed by atoms with Gasteiger partial charge in [0.05, 0.1) is 10.6 Å². The summed E-state index contributed by atoms with van der Waals surface area (Å²) < 4.78 is 24.3. The molecule has 0 amide bonds. The Balaban J connectivity index is 1.81. The molecule has 0 aliphatic carbocycles. The Morgan fingerprint density at radius 2 is 1.68 bits per heavy atom. The number of benzene rings is 2. The summed E-state index contributed by atoms with van der Waals surface area (Å²) in [6.07, 6.45) is 0.653. The molecule has 0 aromatic heterocycles. The number of thioether (sulfide) groups is 1. The van der Waals surface area contributed by atoms with Crippen LogP contribution in [0.5, 0.6) is 0 Å². The SMILES string of the molecule is CC(SCCCS(=O)(=O)c1ccccc1)c1ccc(Cl)cc1. The third-order valence-electron chi connectivity index (χ3n) is 3.37. The van der Waals surface area contributed by atoms with Gasteiger partial charge in [0.1, 0.15) is 0 Å². The standard InChI is InChI=1S/C17H19ClO2S2/c1-14(15-8-10-16(18)11-9-15)21-12-5-13-22(19,20)17-6-3-2-4-7-17/h2-4,6-11,14H,5,12-13H2,1H3. The number of rotatable bonds is 7. The molecule has 0 heterocycles. The van der Waals surface area contributed by atoms with Gasteiger partial charge in [0.15, 0.2) is 9.84 Å². The molecule has 0 saturated heterocycles. The molecule has 2 aromatic carbocycles. The predicted octanol–water partition coefficient (Wildman–Crippen LogP) is 5.00. The van der Waals surface area contributed by atoms with Crippen molar-refractivity contribution < 1.29 is 8.42 Å². The molecule has 0 bridgehead atoms. The molecule has 0 N–H and O–H groups in total. The largest absolute Gasteiger partial charge is 0.224 e. The van der Waals surface area contributed by atoms with Crippen LogP contribution in [-0.4, -0.2) is 19.9 Å². The van der Waals surface area contributed by atoms with Crippen LogP contribution in [0.2, 0.25) is 5.02 Å². The average molecular weight is 355 g/mol. The highest BCUT2D eigenvalue weighted by molar-refractivity contribution is 7.99. The van der Waals surface area contributed by atoms with Gasteiger partial charge in [-0.1, -0.05) is 41.9 Å². The van der Waals surface area contributed by atoms with E-state index in [2.05, 4.69) is 6.92 Å². The van der Waals surface area contributed by atoms with Crippen LogP contribution in [0.4, 0.5) is 0 Å². The fraction of sp³-hybridized carbons (Fsp3) is 0.294. The molecule has 0 radical (unpaired) electrons. The predicted molar refractivity (Wildman–Crippen MR) is 95.4 cm³/mol. The first-order valence-electron chi connectivity index (χ1n) is 7.14. The van der Waals surface area contributed by atoms with Gasteiger partial charge >= 0.3 is 0 Å². The molecule has 0 fully saturated rings. The lowest BCUT2D eigenvalue weighted by atomic mass is 10.2. The van der Waals surface area contributed by atoms with Gasteiger partial charge in [-0.25, -0.2) is 8.42 Å². The maximum Gasteiger partial charge on any atom is 0.178 e. The summed E-state index contributed by atoms with van der Waals surface area (Å²) in [5.74, 6) is 1.01. The van der Waals surface area contributed by atoms with Gasteiger partial charge in [0.25, 0.3) is 0 Å². The zero-order chi connectivity index (χ0) is 16.0. The fourth-order valence-corrected chi connectivity index (χ4v) is 4.74. The Kier molecular flexibility index (Phi) is 6.36. The zero-order valence-electron chi connectivity index (χ0n) is 12.4. The van der Waals surface area contributed by atoms with E-state index in [0.717, 1.165) is 10.8 Å². The highest BCUT2D eigenvalue weighted by atomic mass is 35.5. The molecular formula is C17H19ClO2S2. The first-order chi connectivity index (χ1) is 10.5.